The summed E-state index contributed by atoms with van der Waals surface area (Å²) in [5.41, 5.74) is 7.41. The fourth-order valence-corrected chi connectivity index (χ4v) is 4.82. The van der Waals surface area contributed by atoms with Crippen molar-refractivity contribution in [1.82, 2.24) is 0 Å². The Bertz CT molecular complexity index is 1320. The number of anilines is 2. The SMILES string of the molecule is Cc1ccc(N2C(=O)c3ccccc3N(Cc3ccccc3)[C@H]2c2ccc(C(C)(C)C)cc2)cc1. The van der Waals surface area contributed by atoms with Gasteiger partial charge in [-0.2, -0.15) is 0 Å². The van der Waals surface area contributed by atoms with Crippen molar-refractivity contribution in [3.63, 3.8) is 0 Å². The molecule has 1 aliphatic rings. The molecule has 0 saturated heterocycles. The van der Waals surface area contributed by atoms with Crippen LogP contribution in [-0.2, 0) is 12.0 Å². The van der Waals surface area contributed by atoms with Gasteiger partial charge in [-0.25, -0.2) is 0 Å². The topological polar surface area (TPSA) is 23.6 Å². The molecule has 3 nitrogen and oxygen atoms in total. The number of aryl methyl sites for hydroxylation is 1. The molecular weight excluding hydrogens is 428 g/mol. The molecular formula is C32H32N2O. The van der Waals surface area contributed by atoms with Crippen LogP contribution in [0, 0.1) is 6.92 Å². The summed E-state index contributed by atoms with van der Waals surface area (Å²) in [7, 11) is 0. The van der Waals surface area contributed by atoms with Gasteiger partial charge in [-0.05, 0) is 53.3 Å². The van der Waals surface area contributed by atoms with E-state index in [1.807, 2.05) is 29.2 Å². The molecule has 5 rings (SSSR count). The molecule has 4 aromatic carbocycles. The van der Waals surface area contributed by atoms with Crippen molar-refractivity contribution in [3.05, 3.63) is 131 Å². The van der Waals surface area contributed by atoms with Crippen LogP contribution in [0.2, 0.25) is 0 Å². The third-order valence-corrected chi connectivity index (χ3v) is 6.79. The lowest BCUT2D eigenvalue weighted by Gasteiger charge is -2.46. The van der Waals surface area contributed by atoms with Crippen molar-refractivity contribution in [2.75, 3.05) is 9.80 Å². The molecule has 0 spiro atoms. The van der Waals surface area contributed by atoms with Gasteiger partial charge in [-0.15, -0.1) is 0 Å². The Morgan fingerprint density at radius 2 is 1.37 bits per heavy atom. The van der Waals surface area contributed by atoms with E-state index in [9.17, 15) is 4.79 Å². The van der Waals surface area contributed by atoms with Crippen molar-refractivity contribution in [1.29, 1.82) is 0 Å². The fraction of sp³-hybridized carbons (Fsp3) is 0.219. The van der Waals surface area contributed by atoms with Crippen LogP contribution in [0.4, 0.5) is 11.4 Å². The summed E-state index contributed by atoms with van der Waals surface area (Å²) >= 11 is 0. The van der Waals surface area contributed by atoms with Crippen LogP contribution >= 0.6 is 0 Å². The summed E-state index contributed by atoms with van der Waals surface area (Å²) in [5.74, 6) is 0.0265. The highest BCUT2D eigenvalue weighted by molar-refractivity contribution is 6.12. The average Bonchev–Trinajstić information content (AvgIpc) is 2.86. The summed E-state index contributed by atoms with van der Waals surface area (Å²) < 4.78 is 0. The van der Waals surface area contributed by atoms with Crippen LogP contribution in [0.15, 0.2) is 103 Å². The number of para-hydroxylation sites is 1. The van der Waals surface area contributed by atoms with Gasteiger partial charge in [-0.1, -0.05) is 105 Å². The van der Waals surface area contributed by atoms with Gasteiger partial charge in [0.05, 0.1) is 11.3 Å². The van der Waals surface area contributed by atoms with Crippen LogP contribution in [0.3, 0.4) is 0 Å². The molecule has 0 bridgehead atoms. The molecule has 0 radical (unpaired) electrons. The zero-order valence-corrected chi connectivity index (χ0v) is 20.9. The first-order valence-electron chi connectivity index (χ1n) is 12.2. The van der Waals surface area contributed by atoms with E-state index in [2.05, 4.69) is 111 Å². The number of carbonyl (C=O) groups is 1. The molecule has 0 unspecified atom stereocenters. The van der Waals surface area contributed by atoms with E-state index in [1.165, 1.54) is 16.7 Å². The van der Waals surface area contributed by atoms with E-state index in [0.717, 1.165) is 22.5 Å². The van der Waals surface area contributed by atoms with Gasteiger partial charge in [0.25, 0.3) is 5.91 Å². The van der Waals surface area contributed by atoms with E-state index >= 15 is 0 Å². The third-order valence-electron chi connectivity index (χ3n) is 6.79. The quantitative estimate of drug-likeness (QED) is 0.312. The number of nitrogens with zero attached hydrogens (tertiary/aromatic N) is 2. The summed E-state index contributed by atoms with van der Waals surface area (Å²) in [6, 6.07) is 35.5. The number of hydrogen-bond acceptors (Lipinski definition) is 2. The zero-order valence-electron chi connectivity index (χ0n) is 20.9. The van der Waals surface area contributed by atoms with Gasteiger partial charge < -0.3 is 4.90 Å². The maximum absolute atomic E-state index is 14.0. The number of carbonyl (C=O) groups excluding carboxylic acids is 1. The number of fused-ring (bicyclic) bond motifs is 1. The third kappa shape index (κ3) is 4.46. The van der Waals surface area contributed by atoms with Gasteiger partial charge in [0.2, 0.25) is 0 Å². The Morgan fingerprint density at radius 1 is 0.743 bits per heavy atom. The highest BCUT2D eigenvalue weighted by Crippen LogP contribution is 2.42. The summed E-state index contributed by atoms with van der Waals surface area (Å²) in [6.45, 7) is 9.44. The molecule has 1 aliphatic heterocycles. The minimum absolute atomic E-state index is 0.0265. The lowest BCUT2D eigenvalue weighted by molar-refractivity contribution is 0.0968. The second kappa shape index (κ2) is 9.07. The van der Waals surface area contributed by atoms with Crippen molar-refractivity contribution in [3.8, 4) is 0 Å². The Kier molecular flexibility index (Phi) is 5.94. The Morgan fingerprint density at radius 3 is 2.03 bits per heavy atom. The second-order valence-electron chi connectivity index (χ2n) is 10.4. The average molecular weight is 461 g/mol. The van der Waals surface area contributed by atoms with E-state index in [4.69, 9.17) is 0 Å². The normalized spacial score (nSPS) is 15.8. The standard InChI is InChI=1S/C32H32N2O/c1-23-14-20-27(21-15-23)34-30(25-16-18-26(19-17-25)32(2,3)4)33(22-24-10-6-5-7-11-24)29-13-9-8-12-28(29)31(34)35/h5-21,30H,22H2,1-4H3/t30-/m1/s1. The lowest BCUT2D eigenvalue weighted by atomic mass is 9.86. The summed E-state index contributed by atoms with van der Waals surface area (Å²) in [6.07, 6.45) is -0.269. The first-order valence-corrected chi connectivity index (χ1v) is 12.2. The zero-order chi connectivity index (χ0) is 24.6. The molecule has 1 atom stereocenters. The van der Waals surface area contributed by atoms with Gasteiger partial charge >= 0.3 is 0 Å². The van der Waals surface area contributed by atoms with Crippen molar-refractivity contribution < 1.29 is 4.79 Å². The molecule has 1 amide bonds. The number of rotatable bonds is 4. The van der Waals surface area contributed by atoms with Gasteiger partial charge in [0, 0.05) is 12.2 Å². The minimum Gasteiger partial charge on any atom is -0.342 e. The Balaban J connectivity index is 1.70. The molecule has 35 heavy (non-hydrogen) atoms. The minimum atomic E-state index is -0.269. The van der Waals surface area contributed by atoms with E-state index in [1.54, 1.807) is 0 Å². The Labute approximate surface area is 208 Å². The molecule has 4 aromatic rings. The van der Waals surface area contributed by atoms with Gasteiger partial charge in [0.15, 0.2) is 0 Å². The molecule has 0 aliphatic carbocycles. The van der Waals surface area contributed by atoms with E-state index in [0.29, 0.717) is 6.54 Å². The molecule has 3 heteroatoms. The maximum Gasteiger partial charge on any atom is 0.262 e. The highest BCUT2D eigenvalue weighted by Gasteiger charge is 2.39. The van der Waals surface area contributed by atoms with Crippen molar-refractivity contribution in [2.24, 2.45) is 0 Å². The fourth-order valence-electron chi connectivity index (χ4n) is 4.82. The number of hydrogen-bond donors (Lipinski definition) is 0. The van der Waals surface area contributed by atoms with Crippen LogP contribution in [0.1, 0.15) is 59.5 Å². The highest BCUT2D eigenvalue weighted by atomic mass is 16.2. The van der Waals surface area contributed by atoms with Gasteiger partial charge in [0.1, 0.15) is 6.17 Å². The number of benzene rings is 4. The first-order chi connectivity index (χ1) is 16.8. The Hall–Kier alpha value is -3.85. The molecule has 176 valence electrons. The predicted octanol–water partition coefficient (Wildman–Crippen LogP) is 7.66. The molecule has 0 N–H and O–H groups in total. The molecule has 1 heterocycles. The van der Waals surface area contributed by atoms with Crippen molar-refractivity contribution in [2.45, 2.75) is 45.8 Å². The van der Waals surface area contributed by atoms with Gasteiger partial charge in [-0.3, -0.25) is 9.69 Å². The van der Waals surface area contributed by atoms with Crippen LogP contribution in [0.5, 0.6) is 0 Å². The molecule has 0 fully saturated rings. The first kappa shape index (κ1) is 22.9. The van der Waals surface area contributed by atoms with Crippen LogP contribution < -0.4 is 9.80 Å². The smallest absolute Gasteiger partial charge is 0.262 e. The molecule has 0 aromatic heterocycles. The van der Waals surface area contributed by atoms with E-state index < -0.39 is 0 Å². The number of amides is 1. The van der Waals surface area contributed by atoms with Crippen LogP contribution in [0.25, 0.3) is 0 Å². The van der Waals surface area contributed by atoms with Crippen molar-refractivity contribution >= 4 is 17.3 Å². The maximum atomic E-state index is 14.0. The molecule has 0 saturated carbocycles. The second-order valence-corrected chi connectivity index (χ2v) is 10.4. The predicted molar refractivity (Wildman–Crippen MR) is 145 cm³/mol. The summed E-state index contributed by atoms with van der Waals surface area (Å²) in [4.78, 5) is 18.3. The summed E-state index contributed by atoms with van der Waals surface area (Å²) in [5, 5.41) is 0. The van der Waals surface area contributed by atoms with E-state index in [-0.39, 0.29) is 17.5 Å². The largest absolute Gasteiger partial charge is 0.342 e. The van der Waals surface area contributed by atoms with Crippen LogP contribution in [-0.4, -0.2) is 5.91 Å². The monoisotopic (exact) mass is 460 g/mol. The lowest BCUT2D eigenvalue weighted by Crippen LogP contribution is -2.49.